The van der Waals surface area contributed by atoms with Crippen molar-refractivity contribution < 1.29 is 9.53 Å². The lowest BCUT2D eigenvalue weighted by molar-refractivity contribution is 0.0725. The third-order valence-corrected chi connectivity index (χ3v) is 4.12. The van der Waals surface area contributed by atoms with Crippen LogP contribution in [0.5, 0.6) is 5.75 Å². The maximum absolute atomic E-state index is 12.7. The highest BCUT2D eigenvalue weighted by Crippen LogP contribution is 2.28. The predicted molar refractivity (Wildman–Crippen MR) is 82.6 cm³/mol. The highest BCUT2D eigenvalue weighted by molar-refractivity contribution is 5.97. The smallest absolute Gasteiger partial charge is 0.254 e. The van der Waals surface area contributed by atoms with E-state index in [1.807, 2.05) is 35.2 Å². The number of amides is 1. The SMILES string of the molecule is COc1cccc2c1CCN(Cc1ccccc1C)C2=O. The first-order valence-electron chi connectivity index (χ1n) is 7.20. The number of methoxy groups -OCH3 is 1. The van der Waals surface area contributed by atoms with Gasteiger partial charge in [-0.1, -0.05) is 30.3 Å². The molecule has 0 saturated heterocycles. The Kier molecular flexibility index (Phi) is 3.65. The Morgan fingerprint density at radius 2 is 1.95 bits per heavy atom. The molecule has 1 heterocycles. The van der Waals surface area contributed by atoms with Crippen LogP contribution >= 0.6 is 0 Å². The van der Waals surface area contributed by atoms with Crippen molar-refractivity contribution in [2.24, 2.45) is 0 Å². The monoisotopic (exact) mass is 281 g/mol. The van der Waals surface area contributed by atoms with E-state index in [2.05, 4.69) is 19.1 Å². The molecule has 3 rings (SSSR count). The van der Waals surface area contributed by atoms with Gasteiger partial charge < -0.3 is 9.64 Å². The minimum Gasteiger partial charge on any atom is -0.496 e. The van der Waals surface area contributed by atoms with Crippen LogP contribution in [0.15, 0.2) is 42.5 Å². The molecule has 0 atom stereocenters. The minimum absolute atomic E-state index is 0.0957. The highest BCUT2D eigenvalue weighted by Gasteiger charge is 2.26. The molecule has 0 bridgehead atoms. The normalized spacial score (nSPS) is 14.0. The second-order valence-corrected chi connectivity index (χ2v) is 5.39. The Balaban J connectivity index is 1.88. The van der Waals surface area contributed by atoms with Crippen LogP contribution in [0.2, 0.25) is 0 Å². The van der Waals surface area contributed by atoms with Crippen molar-refractivity contribution in [3.63, 3.8) is 0 Å². The number of carbonyl (C=O) groups is 1. The second kappa shape index (κ2) is 5.60. The van der Waals surface area contributed by atoms with Crippen molar-refractivity contribution in [3.8, 4) is 5.75 Å². The lowest BCUT2D eigenvalue weighted by Gasteiger charge is -2.30. The number of hydrogen-bond donors (Lipinski definition) is 0. The first-order valence-corrected chi connectivity index (χ1v) is 7.20. The molecule has 0 spiro atoms. The van der Waals surface area contributed by atoms with Crippen LogP contribution in [-0.4, -0.2) is 24.5 Å². The lowest BCUT2D eigenvalue weighted by Crippen LogP contribution is -2.37. The molecular weight excluding hydrogens is 262 g/mol. The highest BCUT2D eigenvalue weighted by atomic mass is 16.5. The van der Waals surface area contributed by atoms with Gasteiger partial charge in [0.15, 0.2) is 0 Å². The van der Waals surface area contributed by atoms with E-state index in [4.69, 9.17) is 4.74 Å². The summed E-state index contributed by atoms with van der Waals surface area (Å²) in [7, 11) is 1.65. The average molecular weight is 281 g/mol. The van der Waals surface area contributed by atoms with Crippen LogP contribution in [0.3, 0.4) is 0 Å². The lowest BCUT2D eigenvalue weighted by atomic mass is 9.97. The van der Waals surface area contributed by atoms with Gasteiger partial charge in [0.05, 0.1) is 7.11 Å². The van der Waals surface area contributed by atoms with E-state index < -0.39 is 0 Å². The summed E-state index contributed by atoms with van der Waals surface area (Å²) in [6.45, 7) is 3.49. The second-order valence-electron chi connectivity index (χ2n) is 5.39. The molecule has 0 unspecified atom stereocenters. The fraction of sp³-hybridized carbons (Fsp3) is 0.278. The summed E-state index contributed by atoms with van der Waals surface area (Å²) in [5.74, 6) is 0.912. The molecule has 3 heteroatoms. The number of nitrogens with zero attached hydrogens (tertiary/aromatic N) is 1. The van der Waals surface area contributed by atoms with Gasteiger partial charge >= 0.3 is 0 Å². The summed E-state index contributed by atoms with van der Waals surface area (Å²) >= 11 is 0. The largest absolute Gasteiger partial charge is 0.496 e. The molecule has 2 aromatic carbocycles. The molecule has 3 nitrogen and oxygen atoms in total. The molecule has 2 aromatic rings. The molecule has 0 saturated carbocycles. The first-order chi connectivity index (χ1) is 10.2. The van der Waals surface area contributed by atoms with Gasteiger partial charge in [0, 0.05) is 24.2 Å². The number of fused-ring (bicyclic) bond motifs is 1. The predicted octanol–water partition coefficient (Wildman–Crippen LogP) is 3.20. The summed E-state index contributed by atoms with van der Waals surface area (Å²) in [6, 6.07) is 13.9. The minimum atomic E-state index is 0.0957. The van der Waals surface area contributed by atoms with Gasteiger partial charge in [-0.05, 0) is 36.6 Å². The maximum Gasteiger partial charge on any atom is 0.254 e. The number of aryl methyl sites for hydroxylation is 1. The number of ether oxygens (including phenoxy) is 1. The van der Waals surface area contributed by atoms with Crippen LogP contribution in [-0.2, 0) is 13.0 Å². The van der Waals surface area contributed by atoms with Crippen molar-refractivity contribution in [2.75, 3.05) is 13.7 Å². The third-order valence-electron chi connectivity index (χ3n) is 4.12. The standard InChI is InChI=1S/C18H19NO2/c1-13-6-3-4-7-14(13)12-19-11-10-15-16(18(19)20)8-5-9-17(15)21-2/h3-9H,10-12H2,1-2H3. The van der Waals surface area contributed by atoms with Crippen LogP contribution in [0.4, 0.5) is 0 Å². The number of rotatable bonds is 3. The molecule has 0 aliphatic carbocycles. The van der Waals surface area contributed by atoms with Gasteiger partial charge in [-0.2, -0.15) is 0 Å². The van der Waals surface area contributed by atoms with Crippen LogP contribution in [0.25, 0.3) is 0 Å². The molecule has 108 valence electrons. The van der Waals surface area contributed by atoms with Gasteiger partial charge in [-0.3, -0.25) is 4.79 Å². The van der Waals surface area contributed by atoms with Crippen LogP contribution in [0.1, 0.15) is 27.0 Å². The zero-order valence-electron chi connectivity index (χ0n) is 12.4. The van der Waals surface area contributed by atoms with Crippen LogP contribution in [0, 0.1) is 6.92 Å². The van der Waals surface area contributed by atoms with E-state index in [1.165, 1.54) is 11.1 Å². The summed E-state index contributed by atoms with van der Waals surface area (Å²) in [4.78, 5) is 14.6. The van der Waals surface area contributed by atoms with Crippen LogP contribution < -0.4 is 4.74 Å². The van der Waals surface area contributed by atoms with E-state index in [9.17, 15) is 4.79 Å². The molecule has 0 N–H and O–H groups in total. The average Bonchev–Trinajstić information content (AvgIpc) is 2.51. The Hall–Kier alpha value is -2.29. The summed E-state index contributed by atoms with van der Waals surface area (Å²) in [5.41, 5.74) is 4.24. The fourth-order valence-corrected chi connectivity index (χ4v) is 2.88. The Morgan fingerprint density at radius 1 is 1.14 bits per heavy atom. The Morgan fingerprint density at radius 3 is 2.71 bits per heavy atom. The van der Waals surface area contributed by atoms with Crippen molar-refractivity contribution in [3.05, 3.63) is 64.7 Å². The third kappa shape index (κ3) is 2.51. The summed E-state index contributed by atoms with van der Waals surface area (Å²) in [5, 5.41) is 0. The topological polar surface area (TPSA) is 29.5 Å². The molecule has 1 amide bonds. The summed E-state index contributed by atoms with van der Waals surface area (Å²) in [6.07, 6.45) is 0.844. The number of hydrogen-bond acceptors (Lipinski definition) is 2. The first kappa shape index (κ1) is 13.7. The van der Waals surface area contributed by atoms with Gasteiger partial charge in [-0.15, -0.1) is 0 Å². The number of carbonyl (C=O) groups excluding carboxylic acids is 1. The Labute approximate surface area is 125 Å². The van der Waals surface area contributed by atoms with Gasteiger partial charge in [0.1, 0.15) is 5.75 Å². The molecule has 21 heavy (non-hydrogen) atoms. The van der Waals surface area contributed by atoms with E-state index in [1.54, 1.807) is 7.11 Å². The quantitative estimate of drug-likeness (QED) is 0.864. The van der Waals surface area contributed by atoms with Crippen molar-refractivity contribution >= 4 is 5.91 Å². The van der Waals surface area contributed by atoms with Crippen molar-refractivity contribution in [1.82, 2.24) is 4.90 Å². The van der Waals surface area contributed by atoms with Crippen molar-refractivity contribution in [2.45, 2.75) is 19.9 Å². The van der Waals surface area contributed by atoms with Gasteiger partial charge in [0.2, 0.25) is 0 Å². The molecule has 1 aliphatic heterocycles. The van der Waals surface area contributed by atoms with Crippen molar-refractivity contribution in [1.29, 1.82) is 0 Å². The molecule has 0 fully saturated rings. The Bertz CT molecular complexity index is 679. The van der Waals surface area contributed by atoms with E-state index >= 15 is 0 Å². The van der Waals surface area contributed by atoms with Gasteiger partial charge in [0.25, 0.3) is 5.91 Å². The fourth-order valence-electron chi connectivity index (χ4n) is 2.88. The zero-order valence-corrected chi connectivity index (χ0v) is 12.4. The summed E-state index contributed by atoms with van der Waals surface area (Å²) < 4.78 is 5.36. The van der Waals surface area contributed by atoms with E-state index in [-0.39, 0.29) is 5.91 Å². The molecule has 1 aliphatic rings. The maximum atomic E-state index is 12.7. The molecule has 0 aromatic heterocycles. The van der Waals surface area contributed by atoms with E-state index in [0.29, 0.717) is 6.54 Å². The number of benzene rings is 2. The molecule has 0 radical (unpaired) electrons. The van der Waals surface area contributed by atoms with E-state index in [0.717, 1.165) is 29.8 Å². The molecular formula is C18H19NO2. The zero-order chi connectivity index (χ0) is 14.8. The van der Waals surface area contributed by atoms with Gasteiger partial charge in [-0.25, -0.2) is 0 Å².